The van der Waals surface area contributed by atoms with Gasteiger partial charge < -0.3 is 4.74 Å². The third kappa shape index (κ3) is 3.36. The molecular weight excluding hydrogens is 322 g/mol. The van der Waals surface area contributed by atoms with Crippen LogP contribution in [0.3, 0.4) is 0 Å². The lowest BCUT2D eigenvalue weighted by Crippen LogP contribution is -1.94. The Balaban J connectivity index is 2.30. The fourth-order valence-corrected chi connectivity index (χ4v) is 2.28. The maximum absolute atomic E-state index is 10.8. The number of rotatable bonds is 5. The number of nitro groups is 1. The first-order valence-corrected chi connectivity index (χ1v) is 7.36. The topological polar surface area (TPSA) is 52.4 Å². The summed E-state index contributed by atoms with van der Waals surface area (Å²) in [4.78, 5) is 10.4. The molecule has 4 nitrogen and oxygen atoms in total. The Morgan fingerprint density at radius 1 is 1.25 bits per heavy atom. The van der Waals surface area contributed by atoms with Crippen LogP contribution in [0, 0.1) is 10.1 Å². The van der Waals surface area contributed by atoms with E-state index in [0.717, 1.165) is 17.7 Å². The van der Waals surface area contributed by atoms with E-state index in [-0.39, 0.29) is 5.69 Å². The van der Waals surface area contributed by atoms with Gasteiger partial charge in [0, 0.05) is 23.0 Å². The maximum atomic E-state index is 10.8. The molecule has 0 N–H and O–H groups in total. The highest BCUT2D eigenvalue weighted by Crippen LogP contribution is 2.30. The molecule has 0 aliphatic rings. The van der Waals surface area contributed by atoms with Crippen LogP contribution in [-0.2, 0) is 11.8 Å². The summed E-state index contributed by atoms with van der Waals surface area (Å²) in [7, 11) is 0. The van der Waals surface area contributed by atoms with Crippen LogP contribution in [0.4, 0.5) is 5.69 Å². The zero-order valence-electron chi connectivity index (χ0n) is 11.0. The van der Waals surface area contributed by atoms with Crippen molar-refractivity contribution in [2.24, 2.45) is 0 Å². The van der Waals surface area contributed by atoms with E-state index in [9.17, 15) is 10.1 Å². The van der Waals surface area contributed by atoms with Gasteiger partial charge in [-0.25, -0.2) is 0 Å². The Labute approximate surface area is 125 Å². The number of non-ortho nitro benzene ring substituents is 1. The van der Waals surface area contributed by atoms with E-state index in [0.29, 0.717) is 11.1 Å². The fourth-order valence-electron chi connectivity index (χ4n) is 1.84. The summed E-state index contributed by atoms with van der Waals surface area (Å²) < 4.78 is 5.83. The monoisotopic (exact) mass is 335 g/mol. The quantitative estimate of drug-likeness (QED) is 0.446. The van der Waals surface area contributed by atoms with Crippen molar-refractivity contribution in [3.63, 3.8) is 0 Å². The number of ether oxygens (including phenoxy) is 1. The Hall–Kier alpha value is -1.88. The van der Waals surface area contributed by atoms with Crippen LogP contribution in [-0.4, -0.2) is 4.92 Å². The largest absolute Gasteiger partial charge is 0.457 e. The lowest BCUT2D eigenvalue weighted by molar-refractivity contribution is -0.384. The predicted molar refractivity (Wildman–Crippen MR) is 81.6 cm³/mol. The number of hydrogen-bond donors (Lipinski definition) is 0. The summed E-state index contributed by atoms with van der Waals surface area (Å²) in [5.74, 6) is 1.36. The molecule has 0 amide bonds. The molecule has 20 heavy (non-hydrogen) atoms. The number of nitro benzene ring substituents is 1. The van der Waals surface area contributed by atoms with Gasteiger partial charge in [-0.05, 0) is 30.2 Å². The van der Waals surface area contributed by atoms with Crippen molar-refractivity contribution in [3.05, 3.63) is 63.7 Å². The van der Waals surface area contributed by atoms with Crippen LogP contribution >= 0.6 is 15.9 Å². The van der Waals surface area contributed by atoms with Gasteiger partial charge in [0.05, 0.1) is 4.92 Å². The molecular formula is C15H14BrNO3. The molecule has 104 valence electrons. The van der Waals surface area contributed by atoms with Crippen molar-refractivity contribution >= 4 is 21.6 Å². The van der Waals surface area contributed by atoms with Crippen molar-refractivity contribution in [1.29, 1.82) is 0 Å². The highest BCUT2D eigenvalue weighted by molar-refractivity contribution is 9.08. The lowest BCUT2D eigenvalue weighted by atomic mass is 10.1. The molecule has 0 unspecified atom stereocenters. The molecule has 0 atom stereocenters. The second-order valence-electron chi connectivity index (χ2n) is 4.29. The van der Waals surface area contributed by atoms with Gasteiger partial charge in [-0.1, -0.05) is 35.0 Å². The van der Waals surface area contributed by atoms with E-state index in [1.165, 1.54) is 17.7 Å². The molecule has 2 aromatic carbocycles. The zero-order chi connectivity index (χ0) is 14.5. The Morgan fingerprint density at radius 2 is 2.05 bits per heavy atom. The molecule has 0 bridgehead atoms. The second kappa shape index (κ2) is 6.52. The molecule has 0 aliphatic heterocycles. The third-order valence-corrected chi connectivity index (χ3v) is 3.54. The SMILES string of the molecule is CCc1cccc(Oc2ccc([N+](=O)[O-])cc2CBr)c1. The highest BCUT2D eigenvalue weighted by Gasteiger charge is 2.11. The number of aryl methyl sites for hydroxylation is 1. The zero-order valence-corrected chi connectivity index (χ0v) is 12.6. The van der Waals surface area contributed by atoms with Crippen LogP contribution < -0.4 is 4.74 Å². The lowest BCUT2D eigenvalue weighted by Gasteiger charge is -2.10. The first-order chi connectivity index (χ1) is 9.63. The number of hydrogen-bond acceptors (Lipinski definition) is 3. The fraction of sp³-hybridized carbons (Fsp3) is 0.200. The van der Waals surface area contributed by atoms with E-state index in [1.807, 2.05) is 24.3 Å². The highest BCUT2D eigenvalue weighted by atomic mass is 79.9. The molecule has 0 aromatic heterocycles. The predicted octanol–water partition coefficient (Wildman–Crippen LogP) is 4.84. The van der Waals surface area contributed by atoms with E-state index in [1.54, 1.807) is 6.07 Å². The minimum atomic E-state index is -0.409. The van der Waals surface area contributed by atoms with E-state index in [2.05, 4.69) is 22.9 Å². The molecule has 0 heterocycles. The minimum Gasteiger partial charge on any atom is -0.457 e. The van der Waals surface area contributed by atoms with Crippen LogP contribution in [0.5, 0.6) is 11.5 Å². The van der Waals surface area contributed by atoms with Crippen LogP contribution in [0.2, 0.25) is 0 Å². The van der Waals surface area contributed by atoms with Crippen LogP contribution in [0.15, 0.2) is 42.5 Å². The summed E-state index contributed by atoms with van der Waals surface area (Å²) >= 11 is 3.33. The van der Waals surface area contributed by atoms with Crippen molar-refractivity contribution < 1.29 is 9.66 Å². The van der Waals surface area contributed by atoms with E-state index >= 15 is 0 Å². The summed E-state index contributed by atoms with van der Waals surface area (Å²) in [5.41, 5.74) is 2.00. The number of alkyl halides is 1. The number of nitrogens with zero attached hydrogens (tertiary/aromatic N) is 1. The molecule has 2 rings (SSSR count). The molecule has 0 saturated heterocycles. The van der Waals surface area contributed by atoms with Crippen molar-refractivity contribution in [1.82, 2.24) is 0 Å². The van der Waals surface area contributed by atoms with Gasteiger partial charge in [0.2, 0.25) is 0 Å². The van der Waals surface area contributed by atoms with Crippen molar-refractivity contribution in [2.75, 3.05) is 0 Å². The Bertz CT molecular complexity index is 628. The molecule has 0 fully saturated rings. The molecule has 0 saturated carbocycles. The molecule has 0 radical (unpaired) electrons. The maximum Gasteiger partial charge on any atom is 0.270 e. The molecule has 2 aromatic rings. The summed E-state index contributed by atoms with van der Waals surface area (Å²) in [6.07, 6.45) is 0.933. The van der Waals surface area contributed by atoms with Gasteiger partial charge in [-0.15, -0.1) is 0 Å². The standard InChI is InChI=1S/C15H14BrNO3/c1-2-11-4-3-5-14(8-11)20-15-7-6-13(17(18)19)9-12(15)10-16/h3-9H,2,10H2,1H3. The summed E-state index contributed by atoms with van der Waals surface area (Å²) in [5, 5.41) is 11.3. The van der Waals surface area contributed by atoms with Gasteiger partial charge in [0.15, 0.2) is 0 Å². The van der Waals surface area contributed by atoms with Crippen molar-refractivity contribution in [2.45, 2.75) is 18.7 Å². The van der Waals surface area contributed by atoms with Crippen molar-refractivity contribution in [3.8, 4) is 11.5 Å². The number of benzene rings is 2. The van der Waals surface area contributed by atoms with E-state index in [4.69, 9.17) is 4.74 Å². The Morgan fingerprint density at radius 3 is 2.70 bits per heavy atom. The van der Waals surface area contributed by atoms with Crippen LogP contribution in [0.1, 0.15) is 18.1 Å². The average molecular weight is 336 g/mol. The first-order valence-electron chi connectivity index (χ1n) is 6.24. The Kier molecular flexibility index (Phi) is 4.74. The molecule has 5 heteroatoms. The van der Waals surface area contributed by atoms with E-state index < -0.39 is 4.92 Å². The average Bonchev–Trinajstić information content (AvgIpc) is 2.47. The van der Waals surface area contributed by atoms with Gasteiger partial charge >= 0.3 is 0 Å². The summed E-state index contributed by atoms with van der Waals surface area (Å²) in [6, 6.07) is 12.4. The van der Waals surface area contributed by atoms with Gasteiger partial charge in [-0.3, -0.25) is 10.1 Å². The third-order valence-electron chi connectivity index (χ3n) is 2.93. The normalized spacial score (nSPS) is 10.3. The minimum absolute atomic E-state index is 0.0640. The smallest absolute Gasteiger partial charge is 0.270 e. The summed E-state index contributed by atoms with van der Waals surface area (Å²) in [6.45, 7) is 2.08. The number of halogens is 1. The second-order valence-corrected chi connectivity index (χ2v) is 4.85. The van der Waals surface area contributed by atoms with Gasteiger partial charge in [-0.2, -0.15) is 0 Å². The van der Waals surface area contributed by atoms with Gasteiger partial charge in [0.1, 0.15) is 11.5 Å². The molecule has 0 aliphatic carbocycles. The molecule has 0 spiro atoms. The first kappa shape index (κ1) is 14.5. The van der Waals surface area contributed by atoms with Gasteiger partial charge in [0.25, 0.3) is 5.69 Å². The van der Waals surface area contributed by atoms with Crippen LogP contribution in [0.25, 0.3) is 0 Å².